The van der Waals surface area contributed by atoms with Gasteiger partial charge in [-0.15, -0.1) is 0 Å². The molecule has 40 heavy (non-hydrogen) atoms. The second kappa shape index (κ2) is 13.3. The van der Waals surface area contributed by atoms with Crippen LogP contribution < -0.4 is 9.62 Å². The number of nitrogens with zero attached hydrogens (tertiary/aromatic N) is 2. The molecule has 0 aliphatic carbocycles. The summed E-state index contributed by atoms with van der Waals surface area (Å²) in [7, 11) is -4.21. The Labute approximate surface area is 251 Å². The Morgan fingerprint density at radius 1 is 0.900 bits per heavy atom. The Morgan fingerprint density at radius 3 is 2.15 bits per heavy atom. The number of sulfonamides is 1. The molecule has 0 aromatic heterocycles. The predicted octanol–water partition coefficient (Wildman–Crippen LogP) is 6.40. The van der Waals surface area contributed by atoms with Crippen molar-refractivity contribution in [3.05, 3.63) is 92.4 Å². The molecule has 0 spiro atoms. The molecule has 1 N–H and O–H groups in total. The van der Waals surface area contributed by atoms with Crippen molar-refractivity contribution in [2.45, 2.75) is 58.1 Å². The highest BCUT2D eigenvalue weighted by atomic mass is 35.5. The Morgan fingerprint density at radius 2 is 1.55 bits per heavy atom. The minimum Gasteiger partial charge on any atom is -0.352 e. The van der Waals surface area contributed by atoms with E-state index in [9.17, 15) is 18.0 Å². The monoisotopic (exact) mass is 623 g/mol. The van der Waals surface area contributed by atoms with E-state index in [4.69, 9.17) is 34.8 Å². The molecule has 11 heteroatoms. The summed E-state index contributed by atoms with van der Waals surface area (Å²) in [6.45, 7) is 8.11. The van der Waals surface area contributed by atoms with Gasteiger partial charge in [-0.3, -0.25) is 13.9 Å². The van der Waals surface area contributed by atoms with Crippen molar-refractivity contribution < 1.29 is 18.0 Å². The molecule has 0 aliphatic heterocycles. The van der Waals surface area contributed by atoms with Crippen LogP contribution >= 0.6 is 34.8 Å². The minimum atomic E-state index is -4.21. The first kappa shape index (κ1) is 31.7. The van der Waals surface area contributed by atoms with Gasteiger partial charge in [0.15, 0.2) is 0 Å². The third-order valence-corrected chi connectivity index (χ3v) is 9.12. The number of carbonyl (C=O) groups excluding carboxylic acids is 2. The summed E-state index contributed by atoms with van der Waals surface area (Å²) in [6.07, 6.45) is 0. The molecule has 3 aromatic rings. The highest BCUT2D eigenvalue weighted by Gasteiger charge is 2.33. The van der Waals surface area contributed by atoms with Crippen molar-refractivity contribution in [1.29, 1.82) is 0 Å². The van der Waals surface area contributed by atoms with E-state index in [0.717, 1.165) is 9.87 Å². The fourth-order valence-electron chi connectivity index (χ4n) is 4.04. The number of aryl methyl sites for hydroxylation is 1. The highest BCUT2D eigenvalue weighted by molar-refractivity contribution is 7.92. The average molecular weight is 625 g/mol. The Bertz CT molecular complexity index is 1490. The molecule has 7 nitrogen and oxygen atoms in total. The molecular weight excluding hydrogens is 593 g/mol. The van der Waals surface area contributed by atoms with Crippen molar-refractivity contribution >= 4 is 62.3 Å². The lowest BCUT2D eigenvalue weighted by atomic mass is 10.1. The molecule has 0 saturated heterocycles. The van der Waals surface area contributed by atoms with Gasteiger partial charge in [-0.1, -0.05) is 64.6 Å². The van der Waals surface area contributed by atoms with E-state index in [2.05, 4.69) is 5.32 Å². The van der Waals surface area contributed by atoms with E-state index in [-0.39, 0.29) is 29.1 Å². The van der Waals surface area contributed by atoms with Crippen molar-refractivity contribution in [3.63, 3.8) is 0 Å². The molecule has 214 valence electrons. The van der Waals surface area contributed by atoms with E-state index < -0.39 is 28.5 Å². The number of nitrogens with one attached hydrogen (secondary N) is 1. The van der Waals surface area contributed by atoms with Crippen LogP contribution in [0.1, 0.15) is 37.5 Å². The molecule has 2 amide bonds. The SMILES string of the molecule is Cc1ccc(S(=O)(=O)N(CC(=O)N(Cc2ccc(Cl)cc2Cl)[C@H](C)C(=O)NC(C)C)c2cccc(Cl)c2C)cc1. The molecule has 3 aromatic carbocycles. The first-order valence-electron chi connectivity index (χ1n) is 12.6. The highest BCUT2D eigenvalue weighted by Crippen LogP contribution is 2.31. The van der Waals surface area contributed by atoms with Crippen LogP contribution in [0, 0.1) is 13.8 Å². The molecule has 0 bridgehead atoms. The second-order valence-corrected chi connectivity index (χ2v) is 12.9. The number of anilines is 1. The van der Waals surface area contributed by atoms with Gasteiger partial charge < -0.3 is 10.2 Å². The van der Waals surface area contributed by atoms with E-state index >= 15 is 0 Å². The number of benzene rings is 3. The first-order valence-corrected chi connectivity index (χ1v) is 15.2. The third kappa shape index (κ3) is 7.49. The number of rotatable bonds is 10. The zero-order valence-electron chi connectivity index (χ0n) is 22.9. The number of carbonyl (C=O) groups is 2. The standard InChI is InChI=1S/C29H32Cl3N3O4S/c1-18(2)33-29(37)21(5)34(16-22-11-12-23(30)15-26(22)32)28(36)17-35(27-8-6-7-25(31)20(27)4)40(38,39)24-13-9-19(3)10-14-24/h6-15,18,21H,16-17H2,1-5H3,(H,33,37)/t21-/m1/s1. The molecule has 0 heterocycles. The van der Waals surface area contributed by atoms with Crippen molar-refractivity contribution in [2.24, 2.45) is 0 Å². The van der Waals surface area contributed by atoms with Crippen LogP contribution in [0.25, 0.3) is 0 Å². The van der Waals surface area contributed by atoms with Gasteiger partial charge in [0.25, 0.3) is 10.0 Å². The Hall–Kier alpha value is -2.78. The molecule has 0 unspecified atom stereocenters. The second-order valence-electron chi connectivity index (χ2n) is 9.81. The van der Waals surface area contributed by atoms with Crippen LogP contribution in [0.3, 0.4) is 0 Å². The predicted molar refractivity (Wildman–Crippen MR) is 162 cm³/mol. The maximum Gasteiger partial charge on any atom is 0.264 e. The Balaban J connectivity index is 2.10. The summed E-state index contributed by atoms with van der Waals surface area (Å²) in [5.41, 5.74) is 2.18. The summed E-state index contributed by atoms with van der Waals surface area (Å²) in [6, 6.07) is 15.0. The third-order valence-electron chi connectivity index (χ3n) is 6.35. The number of halogens is 3. The Kier molecular flexibility index (Phi) is 10.5. The molecular formula is C29H32Cl3N3O4S. The van der Waals surface area contributed by atoms with Gasteiger partial charge in [0.05, 0.1) is 10.6 Å². The smallest absolute Gasteiger partial charge is 0.264 e. The molecule has 0 saturated carbocycles. The maximum absolute atomic E-state index is 14.0. The van der Waals surface area contributed by atoms with E-state index in [1.165, 1.54) is 17.0 Å². The summed E-state index contributed by atoms with van der Waals surface area (Å²) < 4.78 is 29.0. The number of hydrogen-bond acceptors (Lipinski definition) is 4. The summed E-state index contributed by atoms with van der Waals surface area (Å²) in [5, 5.41) is 3.90. The topological polar surface area (TPSA) is 86.8 Å². The van der Waals surface area contributed by atoms with Crippen LogP contribution in [-0.2, 0) is 26.2 Å². The summed E-state index contributed by atoms with van der Waals surface area (Å²) in [4.78, 5) is 28.4. The van der Waals surface area contributed by atoms with Crippen LogP contribution in [0.15, 0.2) is 65.6 Å². The number of amides is 2. The van der Waals surface area contributed by atoms with Gasteiger partial charge in [-0.25, -0.2) is 8.42 Å². The van der Waals surface area contributed by atoms with E-state index in [0.29, 0.717) is 26.2 Å². The molecule has 0 radical (unpaired) electrons. The van der Waals surface area contributed by atoms with Gasteiger partial charge in [-0.2, -0.15) is 0 Å². The summed E-state index contributed by atoms with van der Waals surface area (Å²) in [5.74, 6) is -0.993. The van der Waals surface area contributed by atoms with E-state index in [1.54, 1.807) is 62.4 Å². The fraction of sp³-hybridized carbons (Fsp3) is 0.310. The fourth-order valence-corrected chi connectivity index (χ4v) is 6.15. The van der Waals surface area contributed by atoms with Gasteiger partial charge in [-0.05, 0) is 82.1 Å². The quantitative estimate of drug-likeness (QED) is 0.283. The first-order chi connectivity index (χ1) is 18.7. The molecule has 0 aliphatic rings. The minimum absolute atomic E-state index is 0.0168. The zero-order chi connectivity index (χ0) is 29.8. The molecule has 0 fully saturated rings. The van der Waals surface area contributed by atoms with Crippen molar-refractivity contribution in [3.8, 4) is 0 Å². The molecule has 3 rings (SSSR count). The van der Waals surface area contributed by atoms with Gasteiger partial charge >= 0.3 is 0 Å². The lowest BCUT2D eigenvalue weighted by Gasteiger charge is -2.33. The van der Waals surface area contributed by atoms with Crippen LogP contribution in [0.4, 0.5) is 5.69 Å². The molecule has 1 atom stereocenters. The van der Waals surface area contributed by atoms with Gasteiger partial charge in [0.1, 0.15) is 12.6 Å². The van der Waals surface area contributed by atoms with Crippen molar-refractivity contribution in [2.75, 3.05) is 10.8 Å². The van der Waals surface area contributed by atoms with Crippen LogP contribution in [-0.4, -0.2) is 43.8 Å². The van der Waals surface area contributed by atoms with Crippen LogP contribution in [0.2, 0.25) is 15.1 Å². The normalized spacial score (nSPS) is 12.2. The maximum atomic E-state index is 14.0. The summed E-state index contributed by atoms with van der Waals surface area (Å²) >= 11 is 18.8. The number of hydrogen-bond donors (Lipinski definition) is 1. The lowest BCUT2D eigenvalue weighted by molar-refractivity contribution is -0.139. The lowest BCUT2D eigenvalue weighted by Crippen LogP contribution is -2.52. The average Bonchev–Trinajstić information content (AvgIpc) is 2.88. The van der Waals surface area contributed by atoms with Crippen molar-refractivity contribution in [1.82, 2.24) is 10.2 Å². The van der Waals surface area contributed by atoms with Gasteiger partial charge in [0, 0.05) is 27.7 Å². The van der Waals surface area contributed by atoms with Gasteiger partial charge in [0.2, 0.25) is 11.8 Å². The largest absolute Gasteiger partial charge is 0.352 e. The zero-order valence-corrected chi connectivity index (χ0v) is 26.0. The van der Waals surface area contributed by atoms with Crippen LogP contribution in [0.5, 0.6) is 0 Å². The van der Waals surface area contributed by atoms with E-state index in [1.807, 2.05) is 20.8 Å².